The van der Waals surface area contributed by atoms with Crippen molar-refractivity contribution < 1.29 is 9.59 Å². The fraction of sp³-hybridized carbons (Fsp3) is 0.0833. The Morgan fingerprint density at radius 3 is 2.74 bits per heavy atom. The number of nitrogens with zero attached hydrogens (tertiary/aromatic N) is 1. The summed E-state index contributed by atoms with van der Waals surface area (Å²) >= 11 is 1.39. The highest BCUT2D eigenvalue weighted by Crippen LogP contribution is 2.28. The number of nitrogens with one attached hydrogen (secondary N) is 1. The lowest BCUT2D eigenvalue weighted by Crippen LogP contribution is -2.35. The third kappa shape index (κ3) is 3.29. The molecule has 1 aromatic heterocycles. The second-order valence-electron chi connectivity index (χ2n) is 3.82. The minimum absolute atomic E-state index is 0.00613. The Balaban J connectivity index is 2.14. The quantitative estimate of drug-likeness (QED) is 0.729. The standard InChI is InChI=1S/C12H12N4O2S/c13-9-4-2-1-3-8(9)11-15-7(6-19-11)5-10(17)16-12(14)18/h1-4,6H,5,13H2,(H3,14,16,17,18). The summed E-state index contributed by atoms with van der Waals surface area (Å²) in [5.74, 6) is -0.481. The summed E-state index contributed by atoms with van der Waals surface area (Å²) in [6, 6.07) is 6.49. The molecule has 0 radical (unpaired) electrons. The van der Waals surface area contributed by atoms with E-state index in [9.17, 15) is 9.59 Å². The number of aromatic nitrogens is 1. The first-order valence-corrected chi connectivity index (χ1v) is 6.33. The van der Waals surface area contributed by atoms with Crippen molar-refractivity contribution in [3.63, 3.8) is 0 Å². The van der Waals surface area contributed by atoms with Gasteiger partial charge in [-0.1, -0.05) is 12.1 Å². The summed E-state index contributed by atoms with van der Waals surface area (Å²) in [6.07, 6.45) is 0.00613. The maximum Gasteiger partial charge on any atom is 0.318 e. The van der Waals surface area contributed by atoms with Crippen LogP contribution in [0.2, 0.25) is 0 Å². The first kappa shape index (κ1) is 13.0. The van der Waals surface area contributed by atoms with Gasteiger partial charge in [0.1, 0.15) is 5.01 Å². The van der Waals surface area contributed by atoms with Gasteiger partial charge in [-0.05, 0) is 12.1 Å². The molecule has 7 heteroatoms. The van der Waals surface area contributed by atoms with E-state index >= 15 is 0 Å². The first-order chi connectivity index (χ1) is 9.06. The van der Waals surface area contributed by atoms with Crippen molar-refractivity contribution in [3.8, 4) is 10.6 Å². The molecule has 1 aromatic carbocycles. The van der Waals surface area contributed by atoms with Crippen LogP contribution in [0.15, 0.2) is 29.6 Å². The maximum atomic E-state index is 11.4. The Bertz CT molecular complexity index is 624. The highest BCUT2D eigenvalue weighted by molar-refractivity contribution is 7.13. The number of nitrogen functional groups attached to an aromatic ring is 1. The summed E-state index contributed by atoms with van der Waals surface area (Å²) in [5, 5.41) is 4.48. The lowest BCUT2D eigenvalue weighted by Gasteiger charge is -2.00. The van der Waals surface area contributed by atoms with Crippen molar-refractivity contribution in [2.45, 2.75) is 6.42 Å². The van der Waals surface area contributed by atoms with Crippen molar-refractivity contribution in [2.24, 2.45) is 5.73 Å². The molecule has 19 heavy (non-hydrogen) atoms. The highest BCUT2D eigenvalue weighted by atomic mass is 32.1. The third-order valence-corrected chi connectivity index (χ3v) is 3.27. The van der Waals surface area contributed by atoms with Gasteiger partial charge in [0.05, 0.1) is 12.1 Å². The zero-order valence-corrected chi connectivity index (χ0v) is 10.7. The van der Waals surface area contributed by atoms with Gasteiger partial charge in [-0.15, -0.1) is 11.3 Å². The van der Waals surface area contributed by atoms with E-state index in [4.69, 9.17) is 11.5 Å². The molecule has 2 aromatic rings. The summed E-state index contributed by atoms with van der Waals surface area (Å²) in [7, 11) is 0. The van der Waals surface area contributed by atoms with Crippen LogP contribution in [0.5, 0.6) is 0 Å². The van der Waals surface area contributed by atoms with Crippen LogP contribution in [0.3, 0.4) is 0 Å². The zero-order valence-electron chi connectivity index (χ0n) is 9.92. The molecule has 0 spiro atoms. The number of primary amides is 1. The van der Waals surface area contributed by atoms with Crippen LogP contribution >= 0.6 is 11.3 Å². The van der Waals surface area contributed by atoms with Crippen molar-refractivity contribution >= 4 is 29.0 Å². The van der Waals surface area contributed by atoms with Gasteiger partial charge in [-0.3, -0.25) is 10.1 Å². The molecule has 5 N–H and O–H groups in total. The van der Waals surface area contributed by atoms with E-state index in [1.807, 2.05) is 23.5 Å². The largest absolute Gasteiger partial charge is 0.398 e. The molecule has 0 aliphatic rings. The number of hydrogen-bond acceptors (Lipinski definition) is 5. The zero-order chi connectivity index (χ0) is 13.8. The second-order valence-corrected chi connectivity index (χ2v) is 4.68. The molecule has 0 fully saturated rings. The molecule has 1 heterocycles. The SMILES string of the molecule is NC(=O)NC(=O)Cc1csc(-c2ccccc2N)n1. The molecular weight excluding hydrogens is 264 g/mol. The van der Waals surface area contributed by atoms with Gasteiger partial charge in [-0.2, -0.15) is 0 Å². The van der Waals surface area contributed by atoms with Gasteiger partial charge in [-0.25, -0.2) is 9.78 Å². The number of nitrogens with two attached hydrogens (primary N) is 2. The molecule has 2 rings (SSSR count). The van der Waals surface area contributed by atoms with E-state index in [1.165, 1.54) is 11.3 Å². The maximum absolute atomic E-state index is 11.4. The van der Waals surface area contributed by atoms with Crippen LogP contribution in [-0.2, 0) is 11.2 Å². The fourth-order valence-corrected chi connectivity index (χ4v) is 2.42. The monoisotopic (exact) mass is 276 g/mol. The molecule has 3 amide bonds. The number of anilines is 1. The van der Waals surface area contributed by atoms with Crippen molar-refractivity contribution in [3.05, 3.63) is 35.3 Å². The van der Waals surface area contributed by atoms with Gasteiger partial charge < -0.3 is 11.5 Å². The Kier molecular flexibility index (Phi) is 3.76. The molecule has 0 atom stereocenters. The summed E-state index contributed by atoms with van der Waals surface area (Å²) in [5.41, 5.74) is 12.7. The number of urea groups is 1. The van der Waals surface area contributed by atoms with Crippen LogP contribution in [-0.4, -0.2) is 16.9 Å². The normalized spacial score (nSPS) is 10.1. The van der Waals surface area contributed by atoms with Crippen LogP contribution in [0.25, 0.3) is 10.6 Å². The molecule has 6 nitrogen and oxygen atoms in total. The number of thiazole rings is 1. The summed E-state index contributed by atoms with van der Waals surface area (Å²) in [4.78, 5) is 26.2. The number of rotatable bonds is 3. The highest BCUT2D eigenvalue weighted by Gasteiger charge is 2.11. The lowest BCUT2D eigenvalue weighted by molar-refractivity contribution is -0.119. The molecule has 0 aliphatic carbocycles. The Hall–Kier alpha value is -2.41. The number of imide groups is 1. The summed E-state index contributed by atoms with van der Waals surface area (Å²) in [6.45, 7) is 0. The minimum Gasteiger partial charge on any atom is -0.398 e. The molecule has 0 aliphatic heterocycles. The average Bonchev–Trinajstić information content (AvgIpc) is 2.76. The van der Waals surface area contributed by atoms with E-state index in [2.05, 4.69) is 4.98 Å². The van der Waals surface area contributed by atoms with Crippen molar-refractivity contribution in [1.29, 1.82) is 0 Å². The minimum atomic E-state index is -0.868. The van der Waals surface area contributed by atoms with Crippen LogP contribution in [0, 0.1) is 0 Å². The molecule has 98 valence electrons. The van der Waals surface area contributed by atoms with E-state index in [-0.39, 0.29) is 6.42 Å². The molecule has 0 bridgehead atoms. The van der Waals surface area contributed by atoms with Crippen LogP contribution in [0.4, 0.5) is 10.5 Å². The van der Waals surface area contributed by atoms with Crippen molar-refractivity contribution in [2.75, 3.05) is 5.73 Å². The third-order valence-electron chi connectivity index (χ3n) is 2.35. The van der Waals surface area contributed by atoms with Crippen molar-refractivity contribution in [1.82, 2.24) is 10.3 Å². The van der Waals surface area contributed by atoms with Gasteiger partial charge in [0.25, 0.3) is 0 Å². The number of amides is 3. The molecule has 0 unspecified atom stereocenters. The van der Waals surface area contributed by atoms with Gasteiger partial charge in [0.15, 0.2) is 0 Å². The van der Waals surface area contributed by atoms with Gasteiger partial charge in [0, 0.05) is 16.6 Å². The topological polar surface area (TPSA) is 111 Å². The first-order valence-electron chi connectivity index (χ1n) is 5.45. The van der Waals surface area contributed by atoms with E-state index in [0.717, 1.165) is 10.6 Å². The molecule has 0 saturated heterocycles. The number of benzene rings is 1. The van der Waals surface area contributed by atoms with E-state index in [1.54, 1.807) is 11.4 Å². The Morgan fingerprint density at radius 1 is 1.32 bits per heavy atom. The fourth-order valence-electron chi connectivity index (χ4n) is 1.55. The smallest absolute Gasteiger partial charge is 0.318 e. The van der Waals surface area contributed by atoms with Crippen LogP contribution in [0.1, 0.15) is 5.69 Å². The molecular formula is C12H12N4O2S. The number of carbonyl (C=O) groups excluding carboxylic acids is 2. The van der Waals surface area contributed by atoms with Gasteiger partial charge in [0.2, 0.25) is 5.91 Å². The van der Waals surface area contributed by atoms with Gasteiger partial charge >= 0.3 is 6.03 Å². The number of para-hydroxylation sites is 1. The molecule has 0 saturated carbocycles. The number of hydrogen-bond donors (Lipinski definition) is 3. The number of carbonyl (C=O) groups is 2. The predicted molar refractivity (Wildman–Crippen MR) is 73.4 cm³/mol. The Labute approximate surface area is 113 Å². The Morgan fingerprint density at radius 2 is 2.05 bits per heavy atom. The second kappa shape index (κ2) is 5.49. The van der Waals surface area contributed by atoms with E-state index < -0.39 is 11.9 Å². The lowest BCUT2D eigenvalue weighted by atomic mass is 10.2. The van der Waals surface area contributed by atoms with Crippen LogP contribution < -0.4 is 16.8 Å². The predicted octanol–water partition coefficient (Wildman–Crippen LogP) is 1.13. The van der Waals surface area contributed by atoms with E-state index in [0.29, 0.717) is 11.4 Å². The summed E-state index contributed by atoms with van der Waals surface area (Å²) < 4.78 is 0. The average molecular weight is 276 g/mol.